The highest BCUT2D eigenvalue weighted by Gasteiger charge is 2.33. The third kappa shape index (κ3) is 3.43. The lowest BCUT2D eigenvalue weighted by molar-refractivity contribution is 0.0230. The first-order valence-corrected chi connectivity index (χ1v) is 7.17. The van der Waals surface area contributed by atoms with E-state index in [4.69, 9.17) is 4.74 Å². The van der Waals surface area contributed by atoms with Gasteiger partial charge in [-0.15, -0.1) is 0 Å². The van der Waals surface area contributed by atoms with Gasteiger partial charge in [-0.25, -0.2) is 0 Å². The van der Waals surface area contributed by atoms with Crippen molar-refractivity contribution in [3.63, 3.8) is 0 Å². The molecule has 0 aromatic carbocycles. The fraction of sp³-hybridized carbons (Fsp3) is 1.00. The number of hydrogen-bond donors (Lipinski definition) is 2. The van der Waals surface area contributed by atoms with Gasteiger partial charge in [0.1, 0.15) is 0 Å². The Kier molecular flexibility index (Phi) is 4.45. The average molecular weight is 240 g/mol. The molecule has 2 aliphatic heterocycles. The van der Waals surface area contributed by atoms with Crippen molar-refractivity contribution in [1.82, 2.24) is 10.6 Å². The maximum absolute atomic E-state index is 5.45. The minimum Gasteiger partial charge on any atom is -0.381 e. The van der Waals surface area contributed by atoms with Crippen molar-refractivity contribution < 1.29 is 4.74 Å². The summed E-state index contributed by atoms with van der Waals surface area (Å²) in [5, 5.41) is 7.24. The van der Waals surface area contributed by atoms with E-state index in [1.807, 2.05) is 0 Å². The van der Waals surface area contributed by atoms with Crippen LogP contribution in [0.2, 0.25) is 0 Å². The Hall–Kier alpha value is -0.120. The molecule has 0 aromatic heterocycles. The molecule has 0 saturated carbocycles. The first-order chi connectivity index (χ1) is 8.18. The van der Waals surface area contributed by atoms with Gasteiger partial charge in [0.2, 0.25) is 0 Å². The summed E-state index contributed by atoms with van der Waals surface area (Å²) in [6.07, 6.45) is 5.03. The molecule has 0 bridgehead atoms. The zero-order valence-corrected chi connectivity index (χ0v) is 11.5. The summed E-state index contributed by atoms with van der Waals surface area (Å²) in [4.78, 5) is 0. The van der Waals surface area contributed by atoms with Gasteiger partial charge in [0.05, 0.1) is 0 Å². The maximum Gasteiger partial charge on any atom is 0.0471 e. The van der Waals surface area contributed by atoms with Gasteiger partial charge in [0.25, 0.3) is 0 Å². The highest BCUT2D eigenvalue weighted by molar-refractivity contribution is 4.89. The zero-order chi connectivity index (χ0) is 12.2. The van der Waals surface area contributed by atoms with Crippen molar-refractivity contribution in [1.29, 1.82) is 0 Å². The first-order valence-electron chi connectivity index (χ1n) is 7.17. The van der Waals surface area contributed by atoms with Crippen molar-refractivity contribution >= 4 is 0 Å². The fourth-order valence-corrected chi connectivity index (χ4v) is 3.04. The molecule has 2 fully saturated rings. The van der Waals surface area contributed by atoms with Gasteiger partial charge in [-0.1, -0.05) is 13.8 Å². The van der Waals surface area contributed by atoms with Crippen LogP contribution in [-0.2, 0) is 4.74 Å². The Morgan fingerprint density at radius 1 is 1.18 bits per heavy atom. The van der Waals surface area contributed by atoms with Gasteiger partial charge in [-0.05, 0) is 43.1 Å². The van der Waals surface area contributed by atoms with Crippen LogP contribution in [0.4, 0.5) is 0 Å². The molecule has 1 unspecified atom stereocenters. The molecule has 0 amide bonds. The number of hydrogen-bond acceptors (Lipinski definition) is 3. The molecule has 2 aliphatic rings. The molecule has 0 spiro atoms. The lowest BCUT2D eigenvalue weighted by atomic mass is 9.81. The minimum absolute atomic E-state index is 0.458. The second-order valence-corrected chi connectivity index (χ2v) is 6.31. The van der Waals surface area contributed by atoms with Crippen molar-refractivity contribution in [2.45, 2.75) is 39.5 Å². The fourth-order valence-electron chi connectivity index (χ4n) is 3.04. The smallest absolute Gasteiger partial charge is 0.0471 e. The first kappa shape index (κ1) is 13.3. The molecule has 3 heteroatoms. The van der Waals surface area contributed by atoms with Crippen molar-refractivity contribution in [3.8, 4) is 0 Å². The quantitative estimate of drug-likeness (QED) is 0.768. The predicted molar refractivity (Wildman–Crippen MR) is 71.2 cm³/mol. The van der Waals surface area contributed by atoms with Crippen LogP contribution in [0, 0.1) is 10.8 Å². The standard InChI is InChI=1S/C14H28N2O/c1-3-14(4-7-15-11-14)12-16-10-13(2)5-8-17-9-6-13/h15-16H,3-12H2,1-2H3. The van der Waals surface area contributed by atoms with E-state index >= 15 is 0 Å². The van der Waals surface area contributed by atoms with Crippen LogP contribution in [0.3, 0.4) is 0 Å². The molecular formula is C14H28N2O. The molecule has 100 valence electrons. The number of nitrogens with one attached hydrogen (secondary N) is 2. The van der Waals surface area contributed by atoms with E-state index in [1.54, 1.807) is 0 Å². The normalized spacial score (nSPS) is 32.8. The molecule has 3 nitrogen and oxygen atoms in total. The topological polar surface area (TPSA) is 33.3 Å². The molecule has 0 aliphatic carbocycles. The van der Waals surface area contributed by atoms with Crippen molar-refractivity contribution in [2.75, 3.05) is 39.4 Å². The molecule has 1 atom stereocenters. The van der Waals surface area contributed by atoms with E-state index in [0.29, 0.717) is 10.8 Å². The molecule has 2 N–H and O–H groups in total. The third-order valence-electron chi connectivity index (χ3n) is 4.83. The lowest BCUT2D eigenvalue weighted by Crippen LogP contribution is -2.42. The second kappa shape index (κ2) is 5.68. The van der Waals surface area contributed by atoms with Crippen LogP contribution in [-0.4, -0.2) is 39.4 Å². The van der Waals surface area contributed by atoms with Crippen LogP contribution in [0.1, 0.15) is 39.5 Å². The molecule has 0 radical (unpaired) electrons. The van der Waals surface area contributed by atoms with E-state index in [9.17, 15) is 0 Å². The highest BCUT2D eigenvalue weighted by Crippen LogP contribution is 2.31. The summed E-state index contributed by atoms with van der Waals surface area (Å²) in [6, 6.07) is 0. The molecule has 0 aromatic rings. The van der Waals surface area contributed by atoms with Gasteiger partial charge in [-0.3, -0.25) is 0 Å². The Balaban J connectivity index is 1.74. The summed E-state index contributed by atoms with van der Waals surface area (Å²) in [6.45, 7) is 11.3. The van der Waals surface area contributed by atoms with Crippen LogP contribution >= 0.6 is 0 Å². The molecule has 2 saturated heterocycles. The molecule has 17 heavy (non-hydrogen) atoms. The van der Waals surface area contributed by atoms with E-state index < -0.39 is 0 Å². The van der Waals surface area contributed by atoms with Gasteiger partial charge in [0.15, 0.2) is 0 Å². The average Bonchev–Trinajstić information content (AvgIpc) is 2.79. The minimum atomic E-state index is 0.458. The second-order valence-electron chi connectivity index (χ2n) is 6.31. The Labute approximate surface area is 106 Å². The van der Waals surface area contributed by atoms with Gasteiger partial charge >= 0.3 is 0 Å². The lowest BCUT2D eigenvalue weighted by Gasteiger charge is -2.35. The van der Waals surface area contributed by atoms with E-state index in [0.717, 1.165) is 19.8 Å². The van der Waals surface area contributed by atoms with E-state index in [-0.39, 0.29) is 0 Å². The monoisotopic (exact) mass is 240 g/mol. The van der Waals surface area contributed by atoms with E-state index in [1.165, 1.54) is 45.3 Å². The van der Waals surface area contributed by atoms with Gasteiger partial charge in [0, 0.05) is 32.8 Å². The molecule has 2 rings (SSSR count). The summed E-state index contributed by atoms with van der Waals surface area (Å²) in [7, 11) is 0. The van der Waals surface area contributed by atoms with E-state index in [2.05, 4.69) is 24.5 Å². The summed E-state index contributed by atoms with van der Waals surface area (Å²) in [5.74, 6) is 0. The Morgan fingerprint density at radius 3 is 2.53 bits per heavy atom. The SMILES string of the molecule is CCC1(CNCC2(C)CCOCC2)CCNC1. The summed E-state index contributed by atoms with van der Waals surface area (Å²) < 4.78 is 5.45. The van der Waals surface area contributed by atoms with Crippen LogP contribution in [0.25, 0.3) is 0 Å². The predicted octanol–water partition coefficient (Wildman–Crippen LogP) is 1.78. The van der Waals surface area contributed by atoms with Crippen LogP contribution in [0.15, 0.2) is 0 Å². The number of rotatable bonds is 5. The Bertz CT molecular complexity index is 230. The van der Waals surface area contributed by atoms with Crippen molar-refractivity contribution in [2.24, 2.45) is 10.8 Å². The van der Waals surface area contributed by atoms with Gasteiger partial charge in [-0.2, -0.15) is 0 Å². The van der Waals surface area contributed by atoms with Gasteiger partial charge < -0.3 is 15.4 Å². The maximum atomic E-state index is 5.45. The summed E-state index contributed by atoms with van der Waals surface area (Å²) >= 11 is 0. The Morgan fingerprint density at radius 2 is 1.94 bits per heavy atom. The third-order valence-corrected chi connectivity index (χ3v) is 4.83. The number of ether oxygens (including phenoxy) is 1. The zero-order valence-electron chi connectivity index (χ0n) is 11.5. The molecule has 2 heterocycles. The highest BCUT2D eigenvalue weighted by atomic mass is 16.5. The van der Waals surface area contributed by atoms with Crippen LogP contribution in [0.5, 0.6) is 0 Å². The largest absolute Gasteiger partial charge is 0.381 e. The molecular weight excluding hydrogens is 212 g/mol. The van der Waals surface area contributed by atoms with Crippen LogP contribution < -0.4 is 10.6 Å². The van der Waals surface area contributed by atoms with Crippen molar-refractivity contribution in [3.05, 3.63) is 0 Å². The summed E-state index contributed by atoms with van der Waals surface area (Å²) in [5.41, 5.74) is 0.973.